The van der Waals surface area contributed by atoms with E-state index >= 15 is 0 Å². The lowest BCUT2D eigenvalue weighted by Gasteiger charge is -2.28. The molecule has 3 atom stereocenters. The molecule has 30 heavy (non-hydrogen) atoms. The summed E-state index contributed by atoms with van der Waals surface area (Å²) in [5.74, 6) is -0.770. The van der Waals surface area contributed by atoms with E-state index in [0.29, 0.717) is 22.1 Å². The maximum Gasteiger partial charge on any atom is 0.256 e. The predicted molar refractivity (Wildman–Crippen MR) is 113 cm³/mol. The van der Waals surface area contributed by atoms with E-state index in [0.717, 1.165) is 5.57 Å². The van der Waals surface area contributed by atoms with Crippen molar-refractivity contribution < 1.29 is 13.6 Å². The number of imidazole rings is 1. The Morgan fingerprint density at radius 3 is 3.10 bits per heavy atom. The highest BCUT2D eigenvalue weighted by Crippen LogP contribution is 2.35. The molecule has 0 saturated heterocycles. The van der Waals surface area contributed by atoms with E-state index < -0.39 is 24.2 Å². The Bertz CT molecular complexity index is 1010. The predicted octanol–water partition coefficient (Wildman–Crippen LogP) is 2.68. The van der Waals surface area contributed by atoms with Gasteiger partial charge in [0.1, 0.15) is 12.0 Å². The zero-order chi connectivity index (χ0) is 21.4. The summed E-state index contributed by atoms with van der Waals surface area (Å²) in [5, 5.41) is 4.67. The molecule has 158 valence electrons. The number of allylic oxidation sites excluding steroid dienone is 2. The third kappa shape index (κ3) is 3.72. The first kappa shape index (κ1) is 20.5. The van der Waals surface area contributed by atoms with Crippen LogP contribution in [-0.2, 0) is 17.8 Å². The Balaban J connectivity index is 1.71. The minimum absolute atomic E-state index is 0.177. The van der Waals surface area contributed by atoms with Gasteiger partial charge >= 0.3 is 0 Å². The van der Waals surface area contributed by atoms with E-state index in [9.17, 15) is 13.6 Å². The van der Waals surface area contributed by atoms with Crippen LogP contribution in [0.15, 0.2) is 59.4 Å². The summed E-state index contributed by atoms with van der Waals surface area (Å²) in [4.78, 5) is 21.7. The van der Waals surface area contributed by atoms with Crippen LogP contribution in [0.5, 0.6) is 0 Å². The Labute approximate surface area is 177 Å². The Kier molecular flexibility index (Phi) is 5.61. The molecule has 0 aromatic carbocycles. The highest BCUT2D eigenvalue weighted by Gasteiger charge is 2.39. The minimum Gasteiger partial charge on any atom is -0.331 e. The fourth-order valence-electron chi connectivity index (χ4n) is 3.87. The van der Waals surface area contributed by atoms with Crippen LogP contribution in [0.1, 0.15) is 24.4 Å². The molecule has 0 spiro atoms. The van der Waals surface area contributed by atoms with Gasteiger partial charge in [-0.1, -0.05) is 30.0 Å². The molecular weight excluding hydrogens is 410 g/mol. The van der Waals surface area contributed by atoms with Gasteiger partial charge in [-0.15, -0.1) is 0 Å². The van der Waals surface area contributed by atoms with Crippen molar-refractivity contribution in [3.05, 3.63) is 65.8 Å². The average molecular weight is 433 g/mol. The summed E-state index contributed by atoms with van der Waals surface area (Å²) in [7, 11) is 0. The summed E-state index contributed by atoms with van der Waals surface area (Å²) in [5.41, 5.74) is 5.47. The summed E-state index contributed by atoms with van der Waals surface area (Å²) >= 11 is 1.25. The van der Waals surface area contributed by atoms with E-state index in [-0.39, 0.29) is 18.8 Å². The van der Waals surface area contributed by atoms with Gasteiger partial charge in [-0.05, 0) is 19.3 Å². The van der Waals surface area contributed by atoms with Crippen LogP contribution in [0, 0.1) is 0 Å². The van der Waals surface area contributed by atoms with Crippen molar-refractivity contribution in [3.8, 4) is 0 Å². The number of nitrogens with zero attached hydrogens (tertiary/aromatic N) is 4. The number of aromatic nitrogens is 2. The number of amidine groups is 1. The molecule has 3 unspecified atom stereocenters. The Hall–Kier alpha value is -2.72. The average Bonchev–Trinajstić information content (AvgIpc) is 3.36. The van der Waals surface area contributed by atoms with Crippen LogP contribution in [-0.4, -0.2) is 44.1 Å². The van der Waals surface area contributed by atoms with Crippen LogP contribution >= 0.6 is 11.8 Å². The second-order valence-electron chi connectivity index (χ2n) is 7.24. The number of carbonyl (C=O) groups excluding carboxylic acids is 1. The number of fused-ring (bicyclic) bond motifs is 2. The number of carbonyl (C=O) groups is 1. The molecule has 10 heteroatoms. The van der Waals surface area contributed by atoms with Gasteiger partial charge < -0.3 is 9.88 Å². The Morgan fingerprint density at radius 2 is 2.37 bits per heavy atom. The highest BCUT2D eigenvalue weighted by atomic mass is 32.2. The second-order valence-corrected chi connectivity index (χ2v) is 8.04. The number of aliphatic imine (C=N–C) groups is 1. The quantitative estimate of drug-likeness (QED) is 0.565. The van der Waals surface area contributed by atoms with E-state index in [4.69, 9.17) is 0 Å². The molecule has 0 saturated carbocycles. The van der Waals surface area contributed by atoms with Crippen molar-refractivity contribution in [3.63, 3.8) is 0 Å². The molecule has 3 aliphatic rings. The van der Waals surface area contributed by atoms with E-state index in [2.05, 4.69) is 27.3 Å². The van der Waals surface area contributed by atoms with Crippen molar-refractivity contribution in [1.82, 2.24) is 25.3 Å². The number of thioether (sulfide) groups is 1. The summed E-state index contributed by atoms with van der Waals surface area (Å²) in [6.45, 7) is 5.57. The SMILES string of the molecule is C=CN=C(NC(=O)C(c1ncn2c1CC(F)C2)N1C=C2C(F)=CC(C)=CC2N1)SC. The van der Waals surface area contributed by atoms with Gasteiger partial charge in [0, 0.05) is 30.1 Å². The molecular formula is C20H22F2N6OS. The van der Waals surface area contributed by atoms with Gasteiger partial charge in [-0.2, -0.15) is 0 Å². The number of halogens is 2. The smallest absolute Gasteiger partial charge is 0.256 e. The molecule has 4 rings (SSSR count). The van der Waals surface area contributed by atoms with Crippen LogP contribution < -0.4 is 10.7 Å². The van der Waals surface area contributed by atoms with Crippen LogP contribution in [0.25, 0.3) is 0 Å². The monoisotopic (exact) mass is 432 g/mol. The summed E-state index contributed by atoms with van der Waals surface area (Å²) in [6, 6.07) is -1.33. The van der Waals surface area contributed by atoms with Gasteiger partial charge in [0.15, 0.2) is 11.2 Å². The van der Waals surface area contributed by atoms with Crippen LogP contribution in [0.4, 0.5) is 8.78 Å². The van der Waals surface area contributed by atoms with Crippen molar-refractivity contribution in [2.45, 2.75) is 38.1 Å². The fraction of sp³-hybridized carbons (Fsp3) is 0.350. The first-order valence-corrected chi connectivity index (χ1v) is 10.7. The third-order valence-electron chi connectivity index (χ3n) is 5.17. The molecule has 3 heterocycles. The molecule has 0 fully saturated rings. The zero-order valence-electron chi connectivity index (χ0n) is 16.6. The molecule has 2 aliphatic heterocycles. The largest absolute Gasteiger partial charge is 0.331 e. The topological polar surface area (TPSA) is 74.5 Å². The molecule has 1 aliphatic carbocycles. The van der Waals surface area contributed by atoms with Crippen molar-refractivity contribution in [2.75, 3.05) is 6.26 Å². The second kappa shape index (κ2) is 8.19. The van der Waals surface area contributed by atoms with E-state index in [1.807, 2.05) is 13.0 Å². The van der Waals surface area contributed by atoms with Gasteiger partial charge in [0.05, 0.1) is 24.6 Å². The first-order chi connectivity index (χ1) is 14.4. The summed E-state index contributed by atoms with van der Waals surface area (Å²) in [6.07, 6.45) is 8.71. The van der Waals surface area contributed by atoms with Crippen molar-refractivity contribution >= 4 is 22.8 Å². The maximum atomic E-state index is 14.5. The van der Waals surface area contributed by atoms with Crippen molar-refractivity contribution in [2.24, 2.45) is 4.99 Å². The van der Waals surface area contributed by atoms with Gasteiger partial charge in [0.2, 0.25) is 0 Å². The van der Waals surface area contributed by atoms with Gasteiger partial charge in [-0.3, -0.25) is 9.80 Å². The van der Waals surface area contributed by atoms with E-state index in [1.54, 1.807) is 28.4 Å². The summed E-state index contributed by atoms with van der Waals surface area (Å²) < 4.78 is 30.2. The number of hydrazine groups is 1. The standard InChI is InChI=1S/C20H22F2N6OS/c1-4-23-20(30-3)25-19(29)18(17-16-7-12(21)8-27(16)10-24-17)28-9-13-14(22)5-11(2)6-15(13)26-28/h4-6,9-10,12,15,18,26H,1,7-8H2,2-3H3,(H,23,25,29). The van der Waals surface area contributed by atoms with Crippen LogP contribution in [0.3, 0.4) is 0 Å². The first-order valence-electron chi connectivity index (χ1n) is 9.45. The minimum atomic E-state index is -1.02. The highest BCUT2D eigenvalue weighted by molar-refractivity contribution is 8.13. The number of alkyl halides is 1. The molecule has 1 aromatic rings. The third-order valence-corrected chi connectivity index (χ3v) is 5.76. The molecule has 7 nitrogen and oxygen atoms in total. The molecule has 1 aromatic heterocycles. The number of hydrogen-bond acceptors (Lipinski definition) is 6. The molecule has 0 radical (unpaired) electrons. The lowest BCUT2D eigenvalue weighted by atomic mass is 9.99. The molecule has 0 bridgehead atoms. The molecule has 1 amide bonds. The number of hydrogen-bond donors (Lipinski definition) is 2. The fourth-order valence-corrected chi connectivity index (χ4v) is 4.25. The number of nitrogens with one attached hydrogen (secondary N) is 2. The van der Waals surface area contributed by atoms with Crippen LogP contribution in [0.2, 0.25) is 0 Å². The lowest BCUT2D eigenvalue weighted by Crippen LogP contribution is -2.46. The number of amides is 1. The molecule has 2 N–H and O–H groups in total. The zero-order valence-corrected chi connectivity index (χ0v) is 17.4. The van der Waals surface area contributed by atoms with Gasteiger partial charge in [0.25, 0.3) is 5.91 Å². The number of rotatable bonds is 4. The maximum absolute atomic E-state index is 14.5. The lowest BCUT2D eigenvalue weighted by molar-refractivity contribution is -0.125. The Morgan fingerprint density at radius 1 is 1.57 bits per heavy atom. The van der Waals surface area contributed by atoms with Gasteiger partial charge in [-0.25, -0.2) is 24.2 Å². The van der Waals surface area contributed by atoms with Crippen molar-refractivity contribution in [1.29, 1.82) is 0 Å². The van der Waals surface area contributed by atoms with E-state index in [1.165, 1.54) is 24.0 Å². The normalized spacial score (nSPS) is 23.9.